The molecule has 8 aromatic carbocycles. The molecule has 0 unspecified atom stereocenters. The van der Waals surface area contributed by atoms with E-state index in [1.165, 1.54) is 47.8 Å². The average Bonchev–Trinajstić information content (AvgIpc) is 3.97. The predicted octanol–water partition coefficient (Wildman–Crippen LogP) is 16.4. The number of furan rings is 1. The van der Waals surface area contributed by atoms with Crippen molar-refractivity contribution in [2.45, 2.75) is 6.92 Å². The minimum absolute atomic E-state index is 0.865. The van der Waals surface area contributed by atoms with Gasteiger partial charge in [-0.05, 0) is 96.4 Å². The lowest BCUT2D eigenvalue weighted by Gasteiger charge is -2.26. The molecule has 0 spiro atoms. The van der Waals surface area contributed by atoms with E-state index in [4.69, 9.17) is 4.42 Å². The predicted molar refractivity (Wildman–Crippen MR) is 254 cm³/mol. The van der Waals surface area contributed by atoms with E-state index < -0.39 is 0 Å². The van der Waals surface area contributed by atoms with Crippen molar-refractivity contribution in [3.05, 3.63) is 206 Å². The van der Waals surface area contributed by atoms with E-state index in [0.29, 0.717) is 0 Å². The third-order valence-electron chi connectivity index (χ3n) is 11.5. The van der Waals surface area contributed by atoms with Crippen LogP contribution in [0.1, 0.15) is 18.2 Å². The highest BCUT2D eigenvalue weighted by Gasteiger charge is 2.22. The van der Waals surface area contributed by atoms with Crippen LogP contribution in [-0.2, 0) is 0 Å². The van der Waals surface area contributed by atoms with Crippen molar-refractivity contribution >= 4 is 93.6 Å². The van der Waals surface area contributed by atoms with Crippen molar-refractivity contribution < 1.29 is 4.42 Å². The number of hydrogen-bond acceptors (Lipinski definition) is 3. The summed E-state index contributed by atoms with van der Waals surface area (Å²) in [6, 6.07) is 65.3. The summed E-state index contributed by atoms with van der Waals surface area (Å²) in [5.74, 6) is 0. The van der Waals surface area contributed by atoms with Gasteiger partial charge in [0.1, 0.15) is 11.2 Å². The normalized spacial score (nSPS) is 11.8. The number of thiophene rings is 1. The number of benzene rings is 8. The highest BCUT2D eigenvalue weighted by Crippen LogP contribution is 2.46. The van der Waals surface area contributed by atoms with Gasteiger partial charge in [0, 0.05) is 59.1 Å². The van der Waals surface area contributed by atoms with Crippen molar-refractivity contribution in [1.29, 1.82) is 0 Å². The van der Waals surface area contributed by atoms with Crippen LogP contribution in [0.2, 0.25) is 0 Å². The molecule has 0 saturated carbocycles. The molecule has 280 valence electrons. The molecular formula is C55H38N2OS. The zero-order valence-corrected chi connectivity index (χ0v) is 33.3. The molecule has 3 aromatic heterocycles. The number of rotatable bonds is 8. The quantitative estimate of drug-likeness (QED) is 0.153. The molecule has 11 rings (SSSR count). The highest BCUT2D eigenvalue weighted by molar-refractivity contribution is 7.26. The first-order valence-corrected chi connectivity index (χ1v) is 20.8. The molecule has 0 fully saturated rings. The zero-order chi connectivity index (χ0) is 39.5. The van der Waals surface area contributed by atoms with Crippen molar-refractivity contribution in [3.8, 4) is 27.9 Å². The van der Waals surface area contributed by atoms with E-state index in [1.54, 1.807) is 0 Å². The van der Waals surface area contributed by atoms with Gasteiger partial charge in [-0.15, -0.1) is 11.3 Å². The van der Waals surface area contributed by atoms with Gasteiger partial charge in [0.05, 0.1) is 22.3 Å². The number of anilines is 3. The van der Waals surface area contributed by atoms with Crippen molar-refractivity contribution in [2.75, 3.05) is 4.90 Å². The van der Waals surface area contributed by atoms with Crippen LogP contribution >= 0.6 is 11.3 Å². The molecular weight excluding hydrogens is 737 g/mol. The molecule has 0 N–H and O–H groups in total. The Hall–Kier alpha value is -7.40. The van der Waals surface area contributed by atoms with Gasteiger partial charge < -0.3 is 13.9 Å². The maximum atomic E-state index is 6.40. The van der Waals surface area contributed by atoms with Crippen molar-refractivity contribution in [3.63, 3.8) is 0 Å². The van der Waals surface area contributed by atoms with Gasteiger partial charge in [0.15, 0.2) is 0 Å². The van der Waals surface area contributed by atoms with E-state index in [0.717, 1.165) is 61.5 Å². The fourth-order valence-electron chi connectivity index (χ4n) is 8.85. The topological polar surface area (TPSA) is 21.3 Å². The van der Waals surface area contributed by atoms with Crippen LogP contribution in [0.4, 0.5) is 17.1 Å². The lowest BCUT2D eigenvalue weighted by Crippen LogP contribution is -2.10. The molecule has 59 heavy (non-hydrogen) atoms. The number of hydrogen-bond donors (Lipinski definition) is 0. The first kappa shape index (κ1) is 34.8. The molecule has 0 atom stereocenters. The van der Waals surface area contributed by atoms with Gasteiger partial charge in [-0.1, -0.05) is 134 Å². The third kappa shape index (κ3) is 5.72. The Morgan fingerprint density at radius 1 is 0.576 bits per heavy atom. The Bertz CT molecular complexity index is 3400. The summed E-state index contributed by atoms with van der Waals surface area (Å²) in [5, 5.41) is 5.91. The lowest BCUT2D eigenvalue weighted by molar-refractivity contribution is 0.669. The first-order chi connectivity index (χ1) is 29.2. The third-order valence-corrected chi connectivity index (χ3v) is 12.7. The van der Waals surface area contributed by atoms with Gasteiger partial charge in [-0.25, -0.2) is 0 Å². The lowest BCUT2D eigenvalue weighted by atomic mass is 10.00. The van der Waals surface area contributed by atoms with Crippen LogP contribution in [-0.4, -0.2) is 4.57 Å². The number of aromatic nitrogens is 1. The molecule has 0 bridgehead atoms. The molecule has 11 aromatic rings. The molecule has 0 saturated heterocycles. The van der Waals surface area contributed by atoms with E-state index >= 15 is 0 Å². The summed E-state index contributed by atoms with van der Waals surface area (Å²) in [6.07, 6.45) is 6.30. The van der Waals surface area contributed by atoms with Gasteiger partial charge >= 0.3 is 0 Å². The first-order valence-electron chi connectivity index (χ1n) is 20.0. The fourth-order valence-corrected chi connectivity index (χ4v) is 10.1. The second-order valence-corrected chi connectivity index (χ2v) is 15.9. The molecule has 0 amide bonds. The standard InChI is InChI=1S/C55H38N2OS/c1-3-15-42-43-18-8-11-21-49(43)57(48(42)4-2)41-34-46(55-47(35-41)44-19-10-13-25-53(44)59-55)38-28-32-40(33-29-38)56(39-30-26-37(27-31-39)36-16-6-5-7-17-36)50-22-14-24-52-54(50)45-20-9-12-23-51(45)58-52/h3-35H,2H2,1H3/b15-3-. The Balaban J connectivity index is 1.11. The summed E-state index contributed by atoms with van der Waals surface area (Å²) in [5.41, 5.74) is 14.2. The zero-order valence-electron chi connectivity index (χ0n) is 32.5. The van der Waals surface area contributed by atoms with Gasteiger partial charge in [0.2, 0.25) is 0 Å². The maximum absolute atomic E-state index is 6.40. The monoisotopic (exact) mass is 774 g/mol. The van der Waals surface area contributed by atoms with E-state index in [1.807, 2.05) is 29.5 Å². The summed E-state index contributed by atoms with van der Waals surface area (Å²) in [4.78, 5) is 2.36. The highest BCUT2D eigenvalue weighted by atomic mass is 32.1. The molecule has 4 heteroatoms. The number of nitrogens with zero attached hydrogens (tertiary/aromatic N) is 2. The second-order valence-electron chi connectivity index (χ2n) is 14.9. The van der Waals surface area contributed by atoms with Crippen LogP contribution < -0.4 is 4.90 Å². The summed E-state index contributed by atoms with van der Waals surface area (Å²) in [7, 11) is 0. The summed E-state index contributed by atoms with van der Waals surface area (Å²) >= 11 is 1.86. The molecule has 3 nitrogen and oxygen atoms in total. The number of para-hydroxylation sites is 2. The average molecular weight is 775 g/mol. The van der Waals surface area contributed by atoms with Crippen molar-refractivity contribution in [1.82, 2.24) is 4.57 Å². The number of allylic oxidation sites excluding steroid dienone is 1. The SMILES string of the molecule is C=Cc1c(/C=C\C)c2ccccc2n1-c1cc(-c2ccc(N(c3ccc(-c4ccccc4)cc3)c3cccc4oc5ccccc5c34)cc2)c2sc3ccccc3c2c1. The van der Waals surface area contributed by atoms with Crippen LogP contribution in [0.25, 0.3) is 93.1 Å². The van der Waals surface area contributed by atoms with Gasteiger partial charge in [0.25, 0.3) is 0 Å². The molecule has 0 aliphatic heterocycles. The van der Waals surface area contributed by atoms with Crippen LogP contribution in [0.5, 0.6) is 0 Å². The van der Waals surface area contributed by atoms with Crippen LogP contribution in [0, 0.1) is 0 Å². The second kappa shape index (κ2) is 14.2. The van der Waals surface area contributed by atoms with E-state index in [9.17, 15) is 0 Å². The molecule has 0 radical (unpaired) electrons. The minimum Gasteiger partial charge on any atom is -0.456 e. The smallest absolute Gasteiger partial charge is 0.137 e. The fraction of sp³-hybridized carbons (Fsp3) is 0.0182. The largest absolute Gasteiger partial charge is 0.456 e. The number of fused-ring (bicyclic) bond motifs is 7. The molecule has 0 aliphatic carbocycles. The van der Waals surface area contributed by atoms with Crippen LogP contribution in [0.3, 0.4) is 0 Å². The summed E-state index contributed by atoms with van der Waals surface area (Å²) in [6.45, 7) is 6.38. The van der Waals surface area contributed by atoms with Gasteiger partial charge in [-0.2, -0.15) is 0 Å². The Morgan fingerprint density at radius 2 is 1.22 bits per heavy atom. The Morgan fingerprint density at radius 3 is 1.98 bits per heavy atom. The van der Waals surface area contributed by atoms with E-state index in [-0.39, 0.29) is 0 Å². The Labute approximate surface area is 346 Å². The van der Waals surface area contributed by atoms with E-state index in [2.05, 4.69) is 205 Å². The van der Waals surface area contributed by atoms with Crippen molar-refractivity contribution in [2.24, 2.45) is 0 Å². The Kier molecular flexibility index (Phi) is 8.38. The van der Waals surface area contributed by atoms with Crippen LogP contribution in [0.15, 0.2) is 199 Å². The maximum Gasteiger partial charge on any atom is 0.137 e. The van der Waals surface area contributed by atoms with Gasteiger partial charge in [-0.3, -0.25) is 0 Å². The molecule has 3 heterocycles. The molecule has 0 aliphatic rings. The minimum atomic E-state index is 0.865. The summed E-state index contributed by atoms with van der Waals surface area (Å²) < 4.78 is 11.3.